The number of nitrogens with one attached hydrogen (secondary N) is 2. The van der Waals surface area contributed by atoms with Gasteiger partial charge in [0.1, 0.15) is 5.75 Å². The first-order chi connectivity index (χ1) is 12.7. The lowest BCUT2D eigenvalue weighted by molar-refractivity contribution is 0.303. The van der Waals surface area contributed by atoms with Crippen LogP contribution in [0.5, 0.6) is 5.75 Å². The lowest BCUT2D eigenvalue weighted by Crippen LogP contribution is -2.38. The number of aromatic nitrogens is 2. The monoisotopic (exact) mass is 485 g/mol. The van der Waals surface area contributed by atoms with Crippen molar-refractivity contribution in [3.8, 4) is 5.75 Å². The normalized spacial score (nSPS) is 11.0. The molecule has 0 atom stereocenters. The van der Waals surface area contributed by atoms with E-state index in [4.69, 9.17) is 4.74 Å². The third-order valence-corrected chi connectivity index (χ3v) is 4.12. The molecule has 0 unspecified atom stereocenters. The molecule has 1 aromatic heterocycles. The number of imidazole rings is 1. The number of unbranched alkanes of at least 4 members (excludes halogenated alkanes) is 2. The predicted octanol–water partition coefficient (Wildman–Crippen LogP) is 3.74. The number of rotatable bonds is 10. The molecule has 0 spiro atoms. The van der Waals surface area contributed by atoms with Crippen LogP contribution in [0.3, 0.4) is 0 Å². The van der Waals surface area contributed by atoms with Gasteiger partial charge in [-0.1, -0.05) is 31.9 Å². The Hall–Kier alpha value is -1.77. The molecule has 0 saturated carbocycles. The van der Waals surface area contributed by atoms with Gasteiger partial charge in [-0.2, -0.15) is 0 Å². The Bertz CT molecular complexity index is 673. The van der Waals surface area contributed by atoms with E-state index in [0.29, 0.717) is 6.54 Å². The van der Waals surface area contributed by atoms with Crippen LogP contribution in [-0.2, 0) is 13.1 Å². The molecule has 0 radical (unpaired) electrons. The maximum absolute atomic E-state index is 6.01. The topological polar surface area (TPSA) is 63.5 Å². The van der Waals surface area contributed by atoms with Crippen molar-refractivity contribution in [2.45, 2.75) is 46.2 Å². The Balaban J connectivity index is 0.00000364. The van der Waals surface area contributed by atoms with Gasteiger partial charge in [-0.05, 0) is 25.0 Å². The molecule has 0 aliphatic rings. The fraction of sp³-hybridized carbons (Fsp3) is 0.500. The number of ether oxygens (including phenoxy) is 1. The van der Waals surface area contributed by atoms with Gasteiger partial charge in [-0.15, -0.1) is 24.0 Å². The van der Waals surface area contributed by atoms with Gasteiger partial charge in [-0.3, -0.25) is 4.99 Å². The molecule has 1 aromatic carbocycles. The molecule has 0 aliphatic heterocycles. The Morgan fingerprint density at radius 2 is 2.11 bits per heavy atom. The quantitative estimate of drug-likeness (QED) is 0.233. The first kappa shape index (κ1) is 23.3. The number of nitrogens with zero attached hydrogens (tertiary/aromatic N) is 3. The van der Waals surface area contributed by atoms with Crippen LogP contribution in [0.1, 0.15) is 37.3 Å². The summed E-state index contributed by atoms with van der Waals surface area (Å²) in [4.78, 5) is 8.33. The Morgan fingerprint density at radius 1 is 1.26 bits per heavy atom. The number of hydrogen-bond acceptors (Lipinski definition) is 3. The second kappa shape index (κ2) is 13.4. The second-order valence-corrected chi connectivity index (χ2v) is 6.32. The van der Waals surface area contributed by atoms with Crippen LogP contribution in [0, 0.1) is 6.92 Å². The highest BCUT2D eigenvalue weighted by Gasteiger charge is 2.06. The summed E-state index contributed by atoms with van der Waals surface area (Å²) >= 11 is 0. The van der Waals surface area contributed by atoms with E-state index < -0.39 is 0 Å². The summed E-state index contributed by atoms with van der Waals surface area (Å²) in [6, 6.07) is 6.35. The fourth-order valence-corrected chi connectivity index (χ4v) is 2.60. The highest BCUT2D eigenvalue weighted by molar-refractivity contribution is 14.0. The molecule has 150 valence electrons. The first-order valence-electron chi connectivity index (χ1n) is 9.35. The zero-order valence-electron chi connectivity index (χ0n) is 16.6. The SMILES string of the molecule is CCCCCOc1cc(C)ccc1CNC(=NC)NCCn1ccnc1.I. The molecule has 0 bridgehead atoms. The van der Waals surface area contributed by atoms with E-state index in [1.54, 1.807) is 13.2 Å². The first-order valence-corrected chi connectivity index (χ1v) is 9.35. The molecule has 0 fully saturated rings. The molecule has 6 nitrogen and oxygen atoms in total. The van der Waals surface area contributed by atoms with Gasteiger partial charge in [0.2, 0.25) is 0 Å². The van der Waals surface area contributed by atoms with Gasteiger partial charge in [0.05, 0.1) is 12.9 Å². The molecule has 2 N–H and O–H groups in total. The summed E-state index contributed by atoms with van der Waals surface area (Å²) in [5.41, 5.74) is 2.35. The van der Waals surface area contributed by atoms with Crippen molar-refractivity contribution in [1.82, 2.24) is 20.2 Å². The summed E-state index contributed by atoms with van der Waals surface area (Å²) in [7, 11) is 1.78. The van der Waals surface area contributed by atoms with Gasteiger partial charge < -0.3 is 19.9 Å². The average Bonchev–Trinajstić information content (AvgIpc) is 3.16. The van der Waals surface area contributed by atoms with Crippen LogP contribution >= 0.6 is 24.0 Å². The molecule has 0 saturated heterocycles. The standard InChI is InChI=1S/C20H31N5O.HI/c1-4-5-6-13-26-19-14-17(2)7-8-18(19)15-24-20(21-3)23-10-12-25-11-9-22-16-25;/h7-9,11,14,16H,4-6,10,12-13,15H2,1-3H3,(H2,21,23,24);1H. The van der Waals surface area contributed by atoms with Crippen molar-refractivity contribution in [2.75, 3.05) is 20.2 Å². The van der Waals surface area contributed by atoms with Crippen LogP contribution in [-0.4, -0.2) is 35.7 Å². The number of guanidine groups is 1. The average molecular weight is 485 g/mol. The van der Waals surface area contributed by atoms with E-state index in [-0.39, 0.29) is 24.0 Å². The maximum Gasteiger partial charge on any atom is 0.191 e. The van der Waals surface area contributed by atoms with Gasteiger partial charge in [0.25, 0.3) is 0 Å². The number of halogens is 1. The molecule has 0 amide bonds. The third kappa shape index (κ3) is 8.64. The van der Waals surface area contributed by atoms with Crippen molar-refractivity contribution in [2.24, 2.45) is 4.99 Å². The van der Waals surface area contributed by atoms with Crippen LogP contribution in [0.15, 0.2) is 41.9 Å². The number of hydrogen-bond donors (Lipinski definition) is 2. The predicted molar refractivity (Wildman–Crippen MR) is 122 cm³/mol. The van der Waals surface area contributed by atoms with Crippen molar-refractivity contribution in [3.63, 3.8) is 0 Å². The summed E-state index contributed by atoms with van der Waals surface area (Å²) in [6.45, 7) is 7.36. The van der Waals surface area contributed by atoms with Gasteiger partial charge in [-0.25, -0.2) is 4.98 Å². The Labute approximate surface area is 179 Å². The summed E-state index contributed by atoms with van der Waals surface area (Å²) < 4.78 is 8.04. The Kier molecular flexibility index (Phi) is 11.6. The number of benzene rings is 1. The lowest BCUT2D eigenvalue weighted by atomic mass is 10.1. The maximum atomic E-state index is 6.01. The van der Waals surface area contributed by atoms with E-state index in [1.165, 1.54) is 18.4 Å². The zero-order valence-corrected chi connectivity index (χ0v) is 18.9. The minimum atomic E-state index is 0. The van der Waals surface area contributed by atoms with E-state index in [9.17, 15) is 0 Å². The van der Waals surface area contributed by atoms with Crippen molar-refractivity contribution in [1.29, 1.82) is 0 Å². The van der Waals surface area contributed by atoms with E-state index >= 15 is 0 Å². The number of aryl methyl sites for hydroxylation is 1. The van der Waals surface area contributed by atoms with Gasteiger partial charge in [0, 0.05) is 44.6 Å². The molecule has 1 heterocycles. The minimum Gasteiger partial charge on any atom is -0.493 e. The van der Waals surface area contributed by atoms with E-state index in [0.717, 1.165) is 43.4 Å². The minimum absolute atomic E-state index is 0. The van der Waals surface area contributed by atoms with Crippen molar-refractivity contribution in [3.05, 3.63) is 48.0 Å². The summed E-state index contributed by atoms with van der Waals surface area (Å²) in [5, 5.41) is 6.68. The second-order valence-electron chi connectivity index (χ2n) is 6.32. The number of aliphatic imine (C=N–C) groups is 1. The summed E-state index contributed by atoms with van der Waals surface area (Å²) in [5.74, 6) is 1.74. The van der Waals surface area contributed by atoms with Crippen LogP contribution < -0.4 is 15.4 Å². The lowest BCUT2D eigenvalue weighted by Gasteiger charge is -2.15. The smallest absolute Gasteiger partial charge is 0.191 e. The van der Waals surface area contributed by atoms with Crippen LogP contribution in [0.25, 0.3) is 0 Å². The Morgan fingerprint density at radius 3 is 2.81 bits per heavy atom. The third-order valence-electron chi connectivity index (χ3n) is 4.12. The molecular formula is C20H32IN5O. The molecule has 2 rings (SSSR count). The molecular weight excluding hydrogens is 453 g/mol. The van der Waals surface area contributed by atoms with Crippen molar-refractivity contribution < 1.29 is 4.74 Å². The molecule has 7 heteroatoms. The summed E-state index contributed by atoms with van der Waals surface area (Å²) in [6.07, 6.45) is 9.04. The highest BCUT2D eigenvalue weighted by atomic mass is 127. The highest BCUT2D eigenvalue weighted by Crippen LogP contribution is 2.20. The van der Waals surface area contributed by atoms with Crippen molar-refractivity contribution >= 4 is 29.9 Å². The molecule has 2 aromatic rings. The van der Waals surface area contributed by atoms with Crippen LogP contribution in [0.4, 0.5) is 0 Å². The van der Waals surface area contributed by atoms with Gasteiger partial charge in [0.15, 0.2) is 5.96 Å². The largest absolute Gasteiger partial charge is 0.493 e. The van der Waals surface area contributed by atoms with Crippen LogP contribution in [0.2, 0.25) is 0 Å². The molecule has 0 aliphatic carbocycles. The van der Waals surface area contributed by atoms with E-state index in [1.807, 2.05) is 17.1 Å². The molecule has 27 heavy (non-hydrogen) atoms. The fourth-order valence-electron chi connectivity index (χ4n) is 2.60. The zero-order chi connectivity index (χ0) is 18.6. The van der Waals surface area contributed by atoms with E-state index in [2.05, 4.69) is 52.7 Å². The van der Waals surface area contributed by atoms with Gasteiger partial charge >= 0.3 is 0 Å².